The van der Waals surface area contributed by atoms with Gasteiger partial charge in [-0.25, -0.2) is 0 Å². The Morgan fingerprint density at radius 2 is 1.71 bits per heavy atom. The van der Waals surface area contributed by atoms with Gasteiger partial charge < -0.3 is 24.1 Å². The van der Waals surface area contributed by atoms with Gasteiger partial charge in [0, 0.05) is 23.8 Å². The van der Waals surface area contributed by atoms with E-state index in [0.717, 1.165) is 10.5 Å². The molecule has 28 heavy (non-hydrogen) atoms. The van der Waals surface area contributed by atoms with E-state index < -0.39 is 48.7 Å². The van der Waals surface area contributed by atoms with Crippen LogP contribution in [0.1, 0.15) is 25.7 Å². The Morgan fingerprint density at radius 3 is 2.32 bits per heavy atom. The van der Waals surface area contributed by atoms with E-state index in [1.165, 1.54) is 7.11 Å². The van der Waals surface area contributed by atoms with Crippen molar-refractivity contribution in [3.05, 3.63) is 47.0 Å². The predicted molar refractivity (Wildman–Crippen MR) is 95.7 cm³/mol. The Bertz CT molecular complexity index is 784. The molecule has 0 aliphatic carbocycles. The Morgan fingerprint density at radius 1 is 1.07 bits per heavy atom. The molecule has 2 saturated heterocycles. The molecule has 150 valence electrons. The quantitative estimate of drug-likeness (QED) is 0.768. The number of carbonyl (C=O) groups is 2. The van der Waals surface area contributed by atoms with Gasteiger partial charge in [0.05, 0.1) is 6.61 Å². The molecule has 4 rings (SSSR count). The highest BCUT2D eigenvalue weighted by Crippen LogP contribution is 2.37. The number of aliphatic hydroxyl groups is 1. The van der Waals surface area contributed by atoms with Crippen molar-refractivity contribution in [2.24, 2.45) is 0 Å². The topological polar surface area (TPSA) is 94.5 Å². The first kappa shape index (κ1) is 19.2. The smallest absolute Gasteiger partial charge is 0.257 e. The zero-order chi connectivity index (χ0) is 20.0. The molecule has 2 amide bonds. The number of hydrogen-bond acceptors (Lipinski definition) is 7. The van der Waals surface area contributed by atoms with Crippen molar-refractivity contribution >= 4 is 11.8 Å². The van der Waals surface area contributed by atoms with Crippen LogP contribution in [-0.4, -0.2) is 66.2 Å². The maximum Gasteiger partial charge on any atom is 0.257 e. The maximum atomic E-state index is 12.6. The van der Waals surface area contributed by atoms with Crippen molar-refractivity contribution in [2.45, 2.75) is 50.8 Å². The molecule has 8 nitrogen and oxygen atoms in total. The van der Waals surface area contributed by atoms with E-state index in [0.29, 0.717) is 11.1 Å². The molecular formula is C20H23NO7. The number of carbonyl (C=O) groups excluding carboxylic acids is 2. The number of ether oxygens (including phenoxy) is 4. The molecule has 0 saturated carbocycles. The number of imide groups is 1. The summed E-state index contributed by atoms with van der Waals surface area (Å²) in [5.41, 5.74) is 1.51. The summed E-state index contributed by atoms with van der Waals surface area (Å²) in [6.07, 6.45) is -4.21. The van der Waals surface area contributed by atoms with Crippen LogP contribution in [0.15, 0.2) is 41.5 Å². The average molecular weight is 389 g/mol. The Labute approximate surface area is 162 Å². The van der Waals surface area contributed by atoms with Gasteiger partial charge in [0.25, 0.3) is 11.8 Å². The first-order valence-corrected chi connectivity index (χ1v) is 9.17. The summed E-state index contributed by atoms with van der Waals surface area (Å²) < 4.78 is 23.0. The normalized spacial score (nSPS) is 36.1. The van der Waals surface area contributed by atoms with Crippen LogP contribution in [0.3, 0.4) is 0 Å². The summed E-state index contributed by atoms with van der Waals surface area (Å²) >= 11 is 0. The molecule has 2 fully saturated rings. The lowest BCUT2D eigenvalue weighted by atomic mass is 9.94. The molecule has 3 aliphatic rings. The van der Waals surface area contributed by atoms with Gasteiger partial charge in [-0.1, -0.05) is 30.3 Å². The van der Waals surface area contributed by atoms with E-state index in [4.69, 9.17) is 18.9 Å². The molecule has 0 spiro atoms. The number of aliphatic hydroxyl groups excluding tert-OH is 1. The molecule has 6 atom stereocenters. The van der Waals surface area contributed by atoms with E-state index in [-0.39, 0.29) is 6.61 Å². The number of fused-ring (bicyclic) bond motifs is 1. The number of amides is 2. The van der Waals surface area contributed by atoms with Gasteiger partial charge in [0.2, 0.25) is 0 Å². The van der Waals surface area contributed by atoms with E-state index in [2.05, 4.69) is 0 Å². The highest BCUT2D eigenvalue weighted by atomic mass is 16.7. The maximum absolute atomic E-state index is 12.6. The highest BCUT2D eigenvalue weighted by Gasteiger charge is 2.55. The van der Waals surface area contributed by atoms with E-state index in [1.807, 2.05) is 30.3 Å². The zero-order valence-electron chi connectivity index (χ0n) is 15.9. The Hall–Kier alpha value is -2.10. The molecule has 1 N–H and O–H groups in total. The number of nitrogens with zero attached hydrogens (tertiary/aromatic N) is 1. The van der Waals surface area contributed by atoms with Crippen LogP contribution >= 0.6 is 0 Å². The van der Waals surface area contributed by atoms with Gasteiger partial charge in [0.1, 0.15) is 24.4 Å². The fraction of sp³-hybridized carbons (Fsp3) is 0.500. The molecule has 3 heterocycles. The third-order valence-corrected chi connectivity index (χ3v) is 5.58. The van der Waals surface area contributed by atoms with E-state index in [9.17, 15) is 14.7 Å². The number of methoxy groups -OCH3 is 1. The van der Waals surface area contributed by atoms with Gasteiger partial charge in [-0.15, -0.1) is 0 Å². The third kappa shape index (κ3) is 2.98. The lowest BCUT2D eigenvalue weighted by molar-refractivity contribution is -0.347. The summed E-state index contributed by atoms with van der Waals surface area (Å²) in [6.45, 7) is 3.37. The Balaban J connectivity index is 1.61. The van der Waals surface area contributed by atoms with Crippen molar-refractivity contribution in [2.75, 3.05) is 13.7 Å². The average Bonchev–Trinajstić information content (AvgIpc) is 2.91. The van der Waals surface area contributed by atoms with Gasteiger partial charge in [0.15, 0.2) is 12.6 Å². The largest absolute Gasteiger partial charge is 0.388 e. The lowest BCUT2D eigenvalue weighted by Gasteiger charge is -2.49. The molecule has 0 aromatic heterocycles. The van der Waals surface area contributed by atoms with Crippen LogP contribution < -0.4 is 0 Å². The summed E-state index contributed by atoms with van der Waals surface area (Å²) in [4.78, 5) is 26.3. The molecule has 0 radical (unpaired) electrons. The van der Waals surface area contributed by atoms with Gasteiger partial charge in [-0.05, 0) is 13.8 Å². The van der Waals surface area contributed by atoms with Crippen molar-refractivity contribution in [1.29, 1.82) is 0 Å². The van der Waals surface area contributed by atoms with Crippen LogP contribution in [0.2, 0.25) is 0 Å². The second-order valence-electron chi connectivity index (χ2n) is 7.17. The minimum atomic E-state index is -1.19. The molecular weight excluding hydrogens is 366 g/mol. The SMILES string of the molecule is CO[C@@H]1O[C@@H]2COC(c3ccccc3)O[C@H]2[C@@H](O)[C@H]1N1C(=O)C(C)=C(C)C1=O. The van der Waals surface area contributed by atoms with Crippen LogP contribution in [0.4, 0.5) is 0 Å². The second kappa shape index (κ2) is 7.38. The third-order valence-electron chi connectivity index (χ3n) is 5.58. The van der Waals surface area contributed by atoms with E-state index in [1.54, 1.807) is 13.8 Å². The number of hydrogen-bond donors (Lipinski definition) is 1. The fourth-order valence-corrected chi connectivity index (χ4v) is 3.87. The van der Waals surface area contributed by atoms with Gasteiger partial charge in [-0.2, -0.15) is 0 Å². The summed E-state index contributed by atoms with van der Waals surface area (Å²) in [6, 6.07) is 8.32. The van der Waals surface area contributed by atoms with Crippen molar-refractivity contribution in [3.63, 3.8) is 0 Å². The molecule has 0 bridgehead atoms. The number of benzene rings is 1. The molecule has 1 aromatic carbocycles. The zero-order valence-corrected chi connectivity index (χ0v) is 15.9. The van der Waals surface area contributed by atoms with Crippen LogP contribution in [-0.2, 0) is 28.5 Å². The predicted octanol–water partition coefficient (Wildman–Crippen LogP) is 0.907. The monoisotopic (exact) mass is 389 g/mol. The minimum absolute atomic E-state index is 0.187. The van der Waals surface area contributed by atoms with Crippen LogP contribution in [0, 0.1) is 0 Å². The van der Waals surface area contributed by atoms with Crippen molar-refractivity contribution in [1.82, 2.24) is 4.90 Å². The van der Waals surface area contributed by atoms with Gasteiger partial charge in [-0.3, -0.25) is 14.5 Å². The standard InChI is InChI=1S/C20H23NO7/c1-10-11(2)18(24)21(17(10)23)14-15(22)16-13(27-20(14)25-3)9-26-19(28-16)12-7-5-4-6-8-12/h4-8,13-16,19-20,22H,9H2,1-3H3/t13-,14-,15+,16-,19?,20-/m1/s1. The van der Waals surface area contributed by atoms with Crippen LogP contribution in [0.5, 0.6) is 0 Å². The van der Waals surface area contributed by atoms with Crippen molar-refractivity contribution < 1.29 is 33.6 Å². The molecule has 8 heteroatoms. The summed E-state index contributed by atoms with van der Waals surface area (Å²) in [5, 5.41) is 11.1. The summed E-state index contributed by atoms with van der Waals surface area (Å²) in [5.74, 6) is -0.912. The molecule has 1 unspecified atom stereocenters. The van der Waals surface area contributed by atoms with Crippen molar-refractivity contribution in [3.8, 4) is 0 Å². The fourth-order valence-electron chi connectivity index (χ4n) is 3.87. The van der Waals surface area contributed by atoms with E-state index >= 15 is 0 Å². The minimum Gasteiger partial charge on any atom is -0.388 e. The Kier molecular flexibility index (Phi) is 5.07. The molecule has 1 aromatic rings. The van der Waals surface area contributed by atoms with Gasteiger partial charge >= 0.3 is 0 Å². The number of rotatable bonds is 3. The lowest BCUT2D eigenvalue weighted by Crippen LogP contribution is -2.67. The molecule has 3 aliphatic heterocycles. The summed E-state index contributed by atoms with van der Waals surface area (Å²) in [7, 11) is 1.40. The first-order chi connectivity index (χ1) is 13.4. The van der Waals surface area contributed by atoms with Crippen LogP contribution in [0.25, 0.3) is 0 Å². The first-order valence-electron chi connectivity index (χ1n) is 9.17. The second-order valence-corrected chi connectivity index (χ2v) is 7.17. The highest BCUT2D eigenvalue weighted by molar-refractivity contribution is 6.19.